The fourth-order valence-electron chi connectivity index (χ4n) is 1.12. The molecule has 1 atom stereocenters. The van der Waals surface area contributed by atoms with Crippen LogP contribution in [-0.4, -0.2) is 28.9 Å². The summed E-state index contributed by atoms with van der Waals surface area (Å²) in [5.74, 6) is 0.432. The maximum absolute atomic E-state index is 10.7. The normalized spacial score (nSPS) is 14.2. The summed E-state index contributed by atoms with van der Waals surface area (Å²) in [6.45, 7) is 3.45. The molecule has 0 aliphatic carbocycles. The Morgan fingerprint density at radius 2 is 2.06 bits per heavy atom. The number of aliphatic hydroxyl groups is 1. The minimum absolute atomic E-state index is 0.120. The Kier molecular flexibility index (Phi) is 4.83. The van der Waals surface area contributed by atoms with E-state index in [4.69, 9.17) is 0 Å². The highest BCUT2D eigenvalue weighted by Gasteiger charge is 2.20. The van der Waals surface area contributed by atoms with Gasteiger partial charge in [-0.05, 0) is 19.1 Å². The summed E-state index contributed by atoms with van der Waals surface area (Å²) in [5, 5.41) is 12.6. The highest BCUT2D eigenvalue weighted by molar-refractivity contribution is 7.99. The molecular weight excluding hydrogens is 222 g/mol. The highest BCUT2D eigenvalue weighted by atomic mass is 32.2. The van der Waals surface area contributed by atoms with Crippen LogP contribution >= 0.6 is 11.8 Å². The number of carbonyl (C=O) groups excluding carboxylic acids is 1. The number of thioether (sulfide) groups is 1. The van der Waals surface area contributed by atoms with Crippen molar-refractivity contribution < 1.29 is 9.90 Å². The SMILES string of the molecule is CC(=O)NCC(C)(O)CSc1ccccc1. The zero-order chi connectivity index (χ0) is 12.0. The van der Waals surface area contributed by atoms with E-state index < -0.39 is 5.60 Å². The van der Waals surface area contributed by atoms with Crippen molar-refractivity contribution in [3.05, 3.63) is 30.3 Å². The molecule has 1 unspecified atom stereocenters. The lowest BCUT2D eigenvalue weighted by Crippen LogP contribution is -2.41. The molecule has 1 rings (SSSR count). The molecule has 0 spiro atoms. The molecule has 88 valence electrons. The van der Waals surface area contributed by atoms with E-state index in [1.54, 1.807) is 18.7 Å². The molecule has 0 saturated heterocycles. The van der Waals surface area contributed by atoms with E-state index in [2.05, 4.69) is 5.32 Å². The van der Waals surface area contributed by atoms with Crippen LogP contribution in [-0.2, 0) is 4.79 Å². The fourth-order valence-corrected chi connectivity index (χ4v) is 2.05. The van der Waals surface area contributed by atoms with E-state index in [0.29, 0.717) is 5.75 Å². The molecule has 4 heteroatoms. The molecule has 1 aromatic carbocycles. The van der Waals surface area contributed by atoms with Gasteiger partial charge in [-0.25, -0.2) is 0 Å². The molecule has 16 heavy (non-hydrogen) atoms. The minimum atomic E-state index is -0.883. The third kappa shape index (κ3) is 5.19. The van der Waals surface area contributed by atoms with Crippen LogP contribution in [0.5, 0.6) is 0 Å². The molecule has 0 saturated carbocycles. The van der Waals surface area contributed by atoms with Gasteiger partial charge in [0, 0.05) is 24.1 Å². The number of amides is 1. The molecule has 0 heterocycles. The average Bonchev–Trinajstić information content (AvgIpc) is 2.26. The van der Waals surface area contributed by atoms with E-state index in [0.717, 1.165) is 4.90 Å². The fraction of sp³-hybridized carbons (Fsp3) is 0.417. The maximum Gasteiger partial charge on any atom is 0.216 e. The predicted octanol–water partition coefficient (Wildman–Crippen LogP) is 1.67. The van der Waals surface area contributed by atoms with Crippen LogP contribution in [0.1, 0.15) is 13.8 Å². The van der Waals surface area contributed by atoms with Gasteiger partial charge in [0.1, 0.15) is 0 Å². The van der Waals surface area contributed by atoms with Crippen LogP contribution in [0.3, 0.4) is 0 Å². The number of hydrogen-bond donors (Lipinski definition) is 2. The van der Waals surface area contributed by atoms with Crippen LogP contribution in [0, 0.1) is 0 Å². The first kappa shape index (κ1) is 13.1. The zero-order valence-corrected chi connectivity index (χ0v) is 10.4. The van der Waals surface area contributed by atoms with Crippen LogP contribution in [0.15, 0.2) is 35.2 Å². The molecule has 1 aromatic rings. The lowest BCUT2D eigenvalue weighted by molar-refractivity contribution is -0.119. The summed E-state index contributed by atoms with van der Waals surface area (Å²) in [6.07, 6.45) is 0. The van der Waals surface area contributed by atoms with Crippen molar-refractivity contribution in [2.45, 2.75) is 24.3 Å². The Morgan fingerprint density at radius 3 is 2.62 bits per heavy atom. The van der Waals surface area contributed by atoms with Crippen molar-refractivity contribution >= 4 is 17.7 Å². The summed E-state index contributed by atoms with van der Waals surface area (Å²) in [6, 6.07) is 9.88. The van der Waals surface area contributed by atoms with Gasteiger partial charge in [0.2, 0.25) is 5.91 Å². The van der Waals surface area contributed by atoms with Crippen molar-refractivity contribution in [3.63, 3.8) is 0 Å². The molecule has 0 aliphatic heterocycles. The first-order valence-electron chi connectivity index (χ1n) is 5.14. The average molecular weight is 239 g/mol. The summed E-state index contributed by atoms with van der Waals surface area (Å²) in [5.41, 5.74) is -0.883. The Bertz CT molecular complexity index is 338. The highest BCUT2D eigenvalue weighted by Crippen LogP contribution is 2.21. The van der Waals surface area contributed by atoms with E-state index >= 15 is 0 Å². The van der Waals surface area contributed by atoms with Gasteiger partial charge in [0.05, 0.1) is 5.60 Å². The number of nitrogens with one attached hydrogen (secondary N) is 1. The molecule has 0 fully saturated rings. The summed E-state index contributed by atoms with van der Waals surface area (Å²) in [4.78, 5) is 11.9. The standard InChI is InChI=1S/C12H17NO2S/c1-10(14)13-8-12(2,15)9-16-11-6-4-3-5-7-11/h3-7,15H,8-9H2,1-2H3,(H,13,14). The van der Waals surface area contributed by atoms with Crippen LogP contribution in [0.2, 0.25) is 0 Å². The third-order valence-electron chi connectivity index (χ3n) is 2.01. The van der Waals surface area contributed by atoms with Gasteiger partial charge in [-0.3, -0.25) is 4.79 Å². The molecule has 0 aromatic heterocycles. The second-order valence-corrected chi connectivity index (χ2v) is 5.06. The van der Waals surface area contributed by atoms with Gasteiger partial charge < -0.3 is 10.4 Å². The Balaban J connectivity index is 2.38. The second kappa shape index (κ2) is 5.92. The number of benzene rings is 1. The minimum Gasteiger partial charge on any atom is -0.387 e. The summed E-state index contributed by atoms with van der Waals surface area (Å²) < 4.78 is 0. The summed E-state index contributed by atoms with van der Waals surface area (Å²) >= 11 is 1.58. The lowest BCUT2D eigenvalue weighted by Gasteiger charge is -2.22. The van der Waals surface area contributed by atoms with E-state index in [1.165, 1.54) is 6.92 Å². The van der Waals surface area contributed by atoms with Crippen LogP contribution in [0.25, 0.3) is 0 Å². The topological polar surface area (TPSA) is 49.3 Å². The Labute approximate surface area is 100 Å². The molecule has 3 nitrogen and oxygen atoms in total. The number of rotatable bonds is 5. The van der Waals surface area contributed by atoms with E-state index in [9.17, 15) is 9.90 Å². The van der Waals surface area contributed by atoms with Gasteiger partial charge in [0.25, 0.3) is 0 Å². The van der Waals surface area contributed by atoms with Gasteiger partial charge in [-0.15, -0.1) is 11.8 Å². The van der Waals surface area contributed by atoms with Gasteiger partial charge >= 0.3 is 0 Å². The smallest absolute Gasteiger partial charge is 0.216 e. The zero-order valence-electron chi connectivity index (χ0n) is 9.56. The summed E-state index contributed by atoms with van der Waals surface area (Å²) in [7, 11) is 0. The first-order valence-corrected chi connectivity index (χ1v) is 6.13. The van der Waals surface area contributed by atoms with Crippen molar-refractivity contribution in [1.82, 2.24) is 5.32 Å². The van der Waals surface area contributed by atoms with Crippen LogP contribution in [0.4, 0.5) is 0 Å². The first-order chi connectivity index (χ1) is 7.49. The molecule has 0 radical (unpaired) electrons. The second-order valence-electron chi connectivity index (χ2n) is 4.01. The Hall–Kier alpha value is -1.00. The van der Waals surface area contributed by atoms with E-state index in [-0.39, 0.29) is 12.5 Å². The maximum atomic E-state index is 10.7. The van der Waals surface area contributed by atoms with Crippen molar-refractivity contribution in [3.8, 4) is 0 Å². The molecule has 0 bridgehead atoms. The van der Waals surface area contributed by atoms with Crippen LogP contribution < -0.4 is 5.32 Å². The molecule has 2 N–H and O–H groups in total. The molecule has 0 aliphatic rings. The quantitative estimate of drug-likeness (QED) is 0.768. The molecular formula is C12H17NO2S. The largest absolute Gasteiger partial charge is 0.387 e. The van der Waals surface area contributed by atoms with Gasteiger partial charge in [-0.1, -0.05) is 18.2 Å². The lowest BCUT2D eigenvalue weighted by atomic mass is 10.1. The Morgan fingerprint density at radius 1 is 1.44 bits per heavy atom. The van der Waals surface area contributed by atoms with Gasteiger partial charge in [-0.2, -0.15) is 0 Å². The predicted molar refractivity (Wildman–Crippen MR) is 66.5 cm³/mol. The monoisotopic (exact) mass is 239 g/mol. The van der Waals surface area contributed by atoms with E-state index in [1.807, 2.05) is 30.3 Å². The van der Waals surface area contributed by atoms with Crippen molar-refractivity contribution in [2.75, 3.05) is 12.3 Å². The number of hydrogen-bond acceptors (Lipinski definition) is 3. The van der Waals surface area contributed by atoms with Crippen molar-refractivity contribution in [1.29, 1.82) is 0 Å². The van der Waals surface area contributed by atoms with Crippen molar-refractivity contribution in [2.24, 2.45) is 0 Å². The molecule has 1 amide bonds. The van der Waals surface area contributed by atoms with Gasteiger partial charge in [0.15, 0.2) is 0 Å². The number of carbonyl (C=O) groups is 1. The third-order valence-corrected chi connectivity index (χ3v) is 3.38.